The first-order chi connectivity index (χ1) is 8.09. The zero-order valence-corrected chi connectivity index (χ0v) is 10.3. The van der Waals surface area contributed by atoms with Crippen molar-refractivity contribution in [3.8, 4) is 0 Å². The predicted octanol–water partition coefficient (Wildman–Crippen LogP) is 3.43. The number of ether oxygens (including phenoxy) is 1. The molecule has 0 saturated heterocycles. The third-order valence-corrected chi connectivity index (χ3v) is 3.17. The van der Waals surface area contributed by atoms with Gasteiger partial charge in [-0.3, -0.25) is 4.79 Å². The van der Waals surface area contributed by atoms with Crippen molar-refractivity contribution in [3.05, 3.63) is 48.0 Å². The maximum absolute atomic E-state index is 12.0. The van der Waals surface area contributed by atoms with E-state index in [4.69, 9.17) is 4.74 Å². The topological polar surface area (TPSA) is 26.3 Å². The Morgan fingerprint density at radius 3 is 2.35 bits per heavy atom. The number of hydrogen-bond donors (Lipinski definition) is 0. The molecule has 2 rings (SSSR count). The van der Waals surface area contributed by atoms with Gasteiger partial charge >= 0.3 is 5.97 Å². The van der Waals surface area contributed by atoms with E-state index in [1.165, 1.54) is 0 Å². The number of allylic oxidation sites excluding steroid dienone is 2. The van der Waals surface area contributed by atoms with Gasteiger partial charge in [0.25, 0.3) is 0 Å². The van der Waals surface area contributed by atoms with Crippen LogP contribution in [0.25, 0.3) is 0 Å². The molecule has 90 valence electrons. The molecule has 0 saturated carbocycles. The first-order valence-electron chi connectivity index (χ1n) is 6.03. The summed E-state index contributed by atoms with van der Waals surface area (Å²) in [6.07, 6.45) is 5.70. The molecule has 0 heterocycles. The van der Waals surface area contributed by atoms with Crippen LogP contribution in [0.3, 0.4) is 0 Å². The summed E-state index contributed by atoms with van der Waals surface area (Å²) < 4.78 is 5.63. The summed E-state index contributed by atoms with van der Waals surface area (Å²) in [6, 6.07) is 9.85. The van der Waals surface area contributed by atoms with Crippen LogP contribution in [0.2, 0.25) is 0 Å². The molecule has 0 aliphatic heterocycles. The summed E-state index contributed by atoms with van der Waals surface area (Å²) >= 11 is 0. The second-order valence-electron chi connectivity index (χ2n) is 4.94. The number of carbonyl (C=O) groups excluding carboxylic acids is 1. The van der Waals surface area contributed by atoms with E-state index in [1.807, 2.05) is 56.3 Å². The molecular weight excluding hydrogens is 212 g/mol. The summed E-state index contributed by atoms with van der Waals surface area (Å²) in [5.74, 6) is -0.0816. The molecule has 0 spiro atoms. The highest BCUT2D eigenvalue weighted by molar-refractivity contribution is 5.74. The Labute approximate surface area is 102 Å². The lowest BCUT2D eigenvalue weighted by molar-refractivity contribution is -0.162. The number of hydrogen-bond acceptors (Lipinski definition) is 2. The number of benzene rings is 1. The highest BCUT2D eigenvalue weighted by Gasteiger charge is 2.29. The Balaban J connectivity index is 2.04. The van der Waals surface area contributed by atoms with Crippen LogP contribution in [0.5, 0.6) is 0 Å². The number of carbonyl (C=O) groups is 1. The van der Waals surface area contributed by atoms with Gasteiger partial charge in [-0.05, 0) is 32.3 Å². The molecule has 0 amide bonds. The highest BCUT2D eigenvalue weighted by Crippen LogP contribution is 2.28. The van der Waals surface area contributed by atoms with E-state index >= 15 is 0 Å². The van der Waals surface area contributed by atoms with E-state index in [2.05, 4.69) is 0 Å². The molecule has 1 aliphatic carbocycles. The fourth-order valence-corrected chi connectivity index (χ4v) is 2.04. The lowest BCUT2D eigenvalue weighted by atomic mass is 9.97. The third kappa shape index (κ3) is 2.76. The SMILES string of the molecule is CC(C)(OC(=O)C1CC=CC1)c1ccccc1. The van der Waals surface area contributed by atoms with Gasteiger partial charge in [0.1, 0.15) is 5.60 Å². The van der Waals surface area contributed by atoms with E-state index < -0.39 is 5.60 Å². The van der Waals surface area contributed by atoms with Gasteiger partial charge in [-0.15, -0.1) is 0 Å². The minimum atomic E-state index is -0.555. The van der Waals surface area contributed by atoms with Gasteiger partial charge in [0.15, 0.2) is 0 Å². The van der Waals surface area contributed by atoms with E-state index in [0.29, 0.717) is 0 Å². The fraction of sp³-hybridized carbons (Fsp3) is 0.400. The van der Waals surface area contributed by atoms with Crippen LogP contribution in [0.15, 0.2) is 42.5 Å². The van der Waals surface area contributed by atoms with Crippen molar-refractivity contribution in [1.29, 1.82) is 0 Å². The van der Waals surface area contributed by atoms with Crippen LogP contribution in [0, 0.1) is 5.92 Å². The van der Waals surface area contributed by atoms with Crippen molar-refractivity contribution in [3.63, 3.8) is 0 Å². The normalized spacial score (nSPS) is 16.1. The van der Waals surface area contributed by atoms with Crippen LogP contribution in [0.4, 0.5) is 0 Å². The van der Waals surface area contributed by atoms with Gasteiger partial charge in [0.05, 0.1) is 5.92 Å². The van der Waals surface area contributed by atoms with Gasteiger partial charge in [0, 0.05) is 0 Å². The molecule has 1 aromatic rings. The van der Waals surface area contributed by atoms with E-state index in [0.717, 1.165) is 18.4 Å². The molecule has 0 unspecified atom stereocenters. The van der Waals surface area contributed by atoms with E-state index in [-0.39, 0.29) is 11.9 Å². The van der Waals surface area contributed by atoms with Gasteiger partial charge in [0.2, 0.25) is 0 Å². The summed E-state index contributed by atoms with van der Waals surface area (Å²) in [7, 11) is 0. The molecular formula is C15H18O2. The average molecular weight is 230 g/mol. The average Bonchev–Trinajstić information content (AvgIpc) is 2.83. The Hall–Kier alpha value is -1.57. The second-order valence-corrected chi connectivity index (χ2v) is 4.94. The molecule has 17 heavy (non-hydrogen) atoms. The van der Waals surface area contributed by atoms with Crippen molar-refractivity contribution >= 4 is 5.97 Å². The van der Waals surface area contributed by atoms with Gasteiger partial charge in [-0.1, -0.05) is 42.5 Å². The van der Waals surface area contributed by atoms with Gasteiger partial charge < -0.3 is 4.74 Å². The summed E-state index contributed by atoms with van der Waals surface area (Å²) in [6.45, 7) is 3.87. The summed E-state index contributed by atoms with van der Waals surface area (Å²) in [5, 5.41) is 0. The maximum Gasteiger partial charge on any atom is 0.310 e. The van der Waals surface area contributed by atoms with Crippen LogP contribution in [-0.2, 0) is 15.1 Å². The third-order valence-electron chi connectivity index (χ3n) is 3.17. The quantitative estimate of drug-likeness (QED) is 0.587. The van der Waals surface area contributed by atoms with Crippen LogP contribution < -0.4 is 0 Å². The van der Waals surface area contributed by atoms with E-state index in [9.17, 15) is 4.79 Å². The Morgan fingerprint density at radius 1 is 1.18 bits per heavy atom. The zero-order chi connectivity index (χ0) is 12.3. The summed E-state index contributed by atoms with van der Waals surface area (Å²) in [5.41, 5.74) is 0.473. The smallest absolute Gasteiger partial charge is 0.310 e. The Bertz CT molecular complexity index is 410. The molecule has 1 aliphatic rings. The molecule has 0 radical (unpaired) electrons. The highest BCUT2D eigenvalue weighted by atomic mass is 16.6. The van der Waals surface area contributed by atoms with Crippen LogP contribution in [0.1, 0.15) is 32.3 Å². The molecule has 0 fully saturated rings. The summed E-state index contributed by atoms with van der Waals surface area (Å²) in [4.78, 5) is 12.0. The fourth-order valence-electron chi connectivity index (χ4n) is 2.04. The standard InChI is InChI=1S/C15H18O2/c1-15(2,13-10-4-3-5-11-13)17-14(16)12-8-6-7-9-12/h3-7,10-12H,8-9H2,1-2H3. The molecule has 0 atom stereocenters. The van der Waals surface area contributed by atoms with Crippen molar-refractivity contribution in [2.24, 2.45) is 5.92 Å². The first kappa shape index (κ1) is 11.9. The van der Waals surface area contributed by atoms with Crippen LogP contribution in [-0.4, -0.2) is 5.97 Å². The minimum Gasteiger partial charge on any atom is -0.455 e. The predicted molar refractivity (Wildman–Crippen MR) is 67.4 cm³/mol. The van der Waals surface area contributed by atoms with Crippen molar-refractivity contribution in [1.82, 2.24) is 0 Å². The number of esters is 1. The zero-order valence-electron chi connectivity index (χ0n) is 10.3. The molecule has 0 N–H and O–H groups in total. The first-order valence-corrected chi connectivity index (χ1v) is 6.03. The molecule has 2 nitrogen and oxygen atoms in total. The lowest BCUT2D eigenvalue weighted by Gasteiger charge is -2.27. The minimum absolute atomic E-state index is 0.0120. The Morgan fingerprint density at radius 2 is 1.76 bits per heavy atom. The molecule has 2 heteroatoms. The van der Waals surface area contributed by atoms with Crippen LogP contribution >= 0.6 is 0 Å². The van der Waals surface area contributed by atoms with Crippen molar-refractivity contribution in [2.45, 2.75) is 32.3 Å². The van der Waals surface area contributed by atoms with Gasteiger partial charge in [-0.25, -0.2) is 0 Å². The lowest BCUT2D eigenvalue weighted by Crippen LogP contribution is -2.28. The van der Waals surface area contributed by atoms with Crippen molar-refractivity contribution < 1.29 is 9.53 Å². The Kier molecular flexibility index (Phi) is 3.32. The van der Waals surface area contributed by atoms with Gasteiger partial charge in [-0.2, -0.15) is 0 Å². The largest absolute Gasteiger partial charge is 0.455 e. The van der Waals surface area contributed by atoms with E-state index in [1.54, 1.807) is 0 Å². The maximum atomic E-state index is 12.0. The molecule has 0 aromatic heterocycles. The van der Waals surface area contributed by atoms with Crippen molar-refractivity contribution in [2.75, 3.05) is 0 Å². The monoisotopic (exact) mass is 230 g/mol. The molecule has 0 bridgehead atoms. The second kappa shape index (κ2) is 4.74. The molecule has 1 aromatic carbocycles. The number of rotatable bonds is 3.